The lowest BCUT2D eigenvalue weighted by Crippen LogP contribution is -2.74. The quantitative estimate of drug-likeness (QED) is 0.236. The summed E-state index contributed by atoms with van der Waals surface area (Å²) in [5.74, 6) is -6.08. The second-order valence-electron chi connectivity index (χ2n) is 14.0. The molecule has 2 saturated heterocycles. The van der Waals surface area contributed by atoms with Crippen LogP contribution in [0.1, 0.15) is 53.4 Å². The number of fused-ring (bicyclic) bond motifs is 2. The standard InChI is InChI=1S/C29H36O13/c1-11(30)41-27-10-24(2)18(16(33)23(36)38-5)26(27,4)13-6-7-25(3)21(12-8-14(31)40-22(12)35)39-15(32)9-28(25)29(13,37)19(27)17(42-28)20(24)34/h8,13-14,16-21,31,33-34,37H,6-7,9-10H2,1-5H3/t13-,14?,16-,17-,18+,19+,20-,21+,24-,25+,26+,27?,28-,29+/m1/s1. The summed E-state index contributed by atoms with van der Waals surface area (Å²) in [5, 5.41) is 46.9. The van der Waals surface area contributed by atoms with Crippen molar-refractivity contribution in [3.8, 4) is 0 Å². The van der Waals surface area contributed by atoms with Crippen LogP contribution < -0.4 is 0 Å². The van der Waals surface area contributed by atoms with Crippen molar-refractivity contribution >= 4 is 23.9 Å². The maximum absolute atomic E-state index is 13.4. The van der Waals surface area contributed by atoms with Crippen LogP contribution in [0.5, 0.6) is 0 Å². The molecule has 13 heteroatoms. The first-order valence-corrected chi connectivity index (χ1v) is 14.3. The van der Waals surface area contributed by atoms with Crippen LogP contribution >= 0.6 is 0 Å². The molecule has 42 heavy (non-hydrogen) atoms. The van der Waals surface area contributed by atoms with E-state index in [-0.39, 0.29) is 24.8 Å². The fourth-order valence-electron chi connectivity index (χ4n) is 11.6. The first-order valence-electron chi connectivity index (χ1n) is 14.3. The Labute approximate surface area is 241 Å². The van der Waals surface area contributed by atoms with E-state index in [2.05, 4.69) is 0 Å². The highest BCUT2D eigenvalue weighted by Crippen LogP contribution is 2.86. The molecule has 0 amide bonds. The first-order chi connectivity index (χ1) is 19.5. The van der Waals surface area contributed by atoms with E-state index in [4.69, 9.17) is 23.7 Å². The molecule has 3 heterocycles. The highest BCUT2D eigenvalue weighted by molar-refractivity contribution is 5.93. The Hall–Kier alpha value is -2.58. The summed E-state index contributed by atoms with van der Waals surface area (Å²) in [4.78, 5) is 51.9. The van der Waals surface area contributed by atoms with Crippen LogP contribution in [0.4, 0.5) is 0 Å². The topological polar surface area (TPSA) is 195 Å². The van der Waals surface area contributed by atoms with Crippen molar-refractivity contribution in [2.75, 3.05) is 7.11 Å². The average molecular weight is 593 g/mol. The molecule has 0 aromatic heterocycles. The maximum Gasteiger partial charge on any atom is 0.340 e. The molecule has 0 aromatic rings. The predicted molar refractivity (Wildman–Crippen MR) is 134 cm³/mol. The number of aliphatic hydroxyl groups excluding tert-OH is 3. The van der Waals surface area contributed by atoms with Gasteiger partial charge in [-0.05, 0) is 25.3 Å². The van der Waals surface area contributed by atoms with Crippen LogP contribution in [-0.4, -0.2) is 98.9 Å². The van der Waals surface area contributed by atoms with Gasteiger partial charge in [0.05, 0.1) is 37.2 Å². The van der Waals surface area contributed by atoms with Gasteiger partial charge in [-0.1, -0.05) is 20.8 Å². The zero-order chi connectivity index (χ0) is 30.6. The van der Waals surface area contributed by atoms with Gasteiger partial charge in [0.15, 0.2) is 6.10 Å². The molecule has 230 valence electrons. The Morgan fingerprint density at radius 1 is 1.14 bits per heavy atom. The molecule has 0 aromatic carbocycles. The van der Waals surface area contributed by atoms with Gasteiger partial charge in [0.1, 0.15) is 22.9 Å². The number of rotatable bonds is 4. The fourth-order valence-corrected chi connectivity index (χ4v) is 11.6. The molecule has 14 atom stereocenters. The van der Waals surface area contributed by atoms with E-state index in [1.807, 2.05) is 0 Å². The van der Waals surface area contributed by atoms with Gasteiger partial charge >= 0.3 is 23.9 Å². The van der Waals surface area contributed by atoms with Crippen molar-refractivity contribution in [1.29, 1.82) is 0 Å². The molecule has 2 unspecified atom stereocenters. The van der Waals surface area contributed by atoms with Crippen LogP contribution in [0, 0.1) is 34.0 Å². The Kier molecular flexibility index (Phi) is 5.32. The van der Waals surface area contributed by atoms with E-state index in [0.717, 1.165) is 13.2 Å². The van der Waals surface area contributed by atoms with Crippen LogP contribution in [0.2, 0.25) is 0 Å². The molecule has 2 bridgehead atoms. The second-order valence-corrected chi connectivity index (χ2v) is 14.0. The summed E-state index contributed by atoms with van der Waals surface area (Å²) in [6, 6.07) is 0. The number of hydrogen-bond donors (Lipinski definition) is 4. The summed E-state index contributed by atoms with van der Waals surface area (Å²) in [6.07, 6.45) is -5.82. The first kappa shape index (κ1) is 28.2. The lowest BCUT2D eigenvalue weighted by Gasteiger charge is -2.63. The summed E-state index contributed by atoms with van der Waals surface area (Å²) >= 11 is 0. The Bertz CT molecular complexity index is 1360. The zero-order valence-corrected chi connectivity index (χ0v) is 24.0. The third-order valence-electron chi connectivity index (χ3n) is 12.7. The third kappa shape index (κ3) is 2.63. The molecule has 3 aliphatic heterocycles. The summed E-state index contributed by atoms with van der Waals surface area (Å²) < 4.78 is 28.6. The van der Waals surface area contributed by atoms with Crippen LogP contribution in [0.25, 0.3) is 0 Å². The maximum atomic E-state index is 13.4. The molecule has 4 N–H and O–H groups in total. The van der Waals surface area contributed by atoms with Gasteiger partial charge in [-0.25, -0.2) is 9.59 Å². The van der Waals surface area contributed by atoms with Crippen molar-refractivity contribution in [2.45, 2.75) is 101 Å². The number of methoxy groups -OCH3 is 1. The number of aliphatic hydroxyl groups is 4. The summed E-state index contributed by atoms with van der Waals surface area (Å²) in [6.45, 7) is 6.46. The molecular weight excluding hydrogens is 556 g/mol. The zero-order valence-electron chi connectivity index (χ0n) is 24.0. The Morgan fingerprint density at radius 3 is 2.43 bits per heavy atom. The number of cyclic esters (lactones) is 2. The number of hydrogen-bond acceptors (Lipinski definition) is 13. The number of carbonyl (C=O) groups is 4. The SMILES string of the molecule is COC(=O)[C@H](O)[C@H]1[C@@]2(C)CC3(OC(C)=O)[C@@H]4[C@@H](O[C@]56CC(=O)O[C@@H](C7=CC(O)OC7=O)[C@]5(C)CC[C@H]([C@@]13C)[C@]46O)[C@H]2O. The van der Waals surface area contributed by atoms with Crippen molar-refractivity contribution in [2.24, 2.45) is 34.0 Å². The van der Waals surface area contributed by atoms with E-state index in [9.17, 15) is 39.6 Å². The van der Waals surface area contributed by atoms with Crippen LogP contribution in [-0.2, 0) is 42.9 Å². The molecule has 7 aliphatic rings. The molecule has 13 nitrogen and oxygen atoms in total. The third-order valence-corrected chi connectivity index (χ3v) is 12.7. The molecular formula is C29H36O13. The van der Waals surface area contributed by atoms with E-state index in [1.54, 1.807) is 20.8 Å². The van der Waals surface area contributed by atoms with E-state index >= 15 is 0 Å². The lowest BCUT2D eigenvalue weighted by molar-refractivity contribution is -0.292. The van der Waals surface area contributed by atoms with E-state index < -0.39 is 112 Å². The summed E-state index contributed by atoms with van der Waals surface area (Å²) in [7, 11) is 1.14. The molecule has 4 saturated carbocycles. The molecule has 1 spiro atoms. The van der Waals surface area contributed by atoms with Crippen molar-refractivity contribution < 1.29 is 63.3 Å². The molecule has 7 rings (SSSR count). The summed E-state index contributed by atoms with van der Waals surface area (Å²) in [5.41, 5.74) is -9.04. The largest absolute Gasteiger partial charge is 0.467 e. The molecule has 0 radical (unpaired) electrons. The van der Waals surface area contributed by atoms with E-state index in [1.165, 1.54) is 6.92 Å². The lowest BCUT2D eigenvalue weighted by atomic mass is 9.45. The van der Waals surface area contributed by atoms with Crippen LogP contribution in [0.15, 0.2) is 11.6 Å². The minimum absolute atomic E-state index is 0.0175. The number of ether oxygens (including phenoxy) is 5. The van der Waals surface area contributed by atoms with Crippen LogP contribution in [0.3, 0.4) is 0 Å². The number of esters is 4. The fraction of sp³-hybridized carbons (Fsp3) is 0.793. The van der Waals surface area contributed by atoms with Gasteiger partial charge in [-0.3, -0.25) is 9.59 Å². The molecule has 4 aliphatic carbocycles. The van der Waals surface area contributed by atoms with Gasteiger partial charge in [0.25, 0.3) is 0 Å². The van der Waals surface area contributed by atoms with Crippen molar-refractivity contribution in [3.05, 3.63) is 11.6 Å². The monoisotopic (exact) mass is 592 g/mol. The number of carbonyl (C=O) groups excluding carboxylic acids is 4. The predicted octanol–water partition coefficient (Wildman–Crippen LogP) is -0.739. The smallest absolute Gasteiger partial charge is 0.340 e. The van der Waals surface area contributed by atoms with Gasteiger partial charge in [0.2, 0.25) is 6.29 Å². The average Bonchev–Trinajstić information content (AvgIpc) is 3.48. The normalized spacial score (nSPS) is 55.4. The van der Waals surface area contributed by atoms with E-state index in [0.29, 0.717) is 0 Å². The minimum atomic E-state index is -1.94. The van der Waals surface area contributed by atoms with Gasteiger partial charge < -0.3 is 44.1 Å². The van der Waals surface area contributed by atoms with Crippen molar-refractivity contribution in [1.82, 2.24) is 0 Å². The highest BCUT2D eigenvalue weighted by atomic mass is 16.6. The minimum Gasteiger partial charge on any atom is -0.467 e. The highest BCUT2D eigenvalue weighted by Gasteiger charge is 2.96. The Morgan fingerprint density at radius 2 is 1.83 bits per heavy atom. The van der Waals surface area contributed by atoms with Crippen molar-refractivity contribution in [3.63, 3.8) is 0 Å². The Balaban J connectivity index is 1.50. The van der Waals surface area contributed by atoms with Gasteiger partial charge in [-0.2, -0.15) is 0 Å². The van der Waals surface area contributed by atoms with Gasteiger partial charge in [-0.15, -0.1) is 0 Å². The second kappa shape index (κ2) is 7.92. The molecule has 6 fully saturated rings. The van der Waals surface area contributed by atoms with Gasteiger partial charge in [0, 0.05) is 35.0 Å².